The fourth-order valence-electron chi connectivity index (χ4n) is 2.93. The van der Waals surface area contributed by atoms with Crippen molar-refractivity contribution in [2.24, 2.45) is 0 Å². The predicted molar refractivity (Wildman–Crippen MR) is 80.8 cm³/mol. The fraction of sp³-hybridized carbons (Fsp3) is 0.467. The summed E-state index contributed by atoms with van der Waals surface area (Å²) in [6.07, 6.45) is 8.42. The molecule has 2 aromatic heterocycles. The zero-order valence-corrected chi connectivity index (χ0v) is 12.5. The number of piperidine rings is 1. The lowest BCUT2D eigenvalue weighted by Crippen LogP contribution is -2.36. The van der Waals surface area contributed by atoms with Crippen LogP contribution in [0.4, 0.5) is 5.95 Å². The van der Waals surface area contributed by atoms with Crippen LogP contribution in [-0.4, -0.2) is 37.1 Å². The van der Waals surface area contributed by atoms with Crippen molar-refractivity contribution in [3.63, 3.8) is 0 Å². The average Bonchev–Trinajstić information content (AvgIpc) is 3.03. The maximum atomic E-state index is 11.1. The molecular formula is C15H19N5O2. The highest BCUT2D eigenvalue weighted by atomic mass is 16.4. The zero-order chi connectivity index (χ0) is 15.5. The number of hydrogen-bond donors (Lipinski definition) is 1. The Balaban J connectivity index is 1.96. The normalized spacial score (nSPS) is 18.4. The second kappa shape index (κ2) is 6.13. The Morgan fingerprint density at radius 3 is 3.00 bits per heavy atom. The molecule has 1 aliphatic rings. The van der Waals surface area contributed by atoms with Gasteiger partial charge in [0.15, 0.2) is 5.69 Å². The van der Waals surface area contributed by atoms with Gasteiger partial charge in [0, 0.05) is 31.7 Å². The molecule has 22 heavy (non-hydrogen) atoms. The molecular weight excluding hydrogens is 282 g/mol. The summed E-state index contributed by atoms with van der Waals surface area (Å²) < 4.78 is 2.12. The van der Waals surface area contributed by atoms with Crippen molar-refractivity contribution in [3.8, 4) is 0 Å². The van der Waals surface area contributed by atoms with Gasteiger partial charge in [0.1, 0.15) is 5.82 Å². The Bertz CT molecular complexity index is 669. The average molecular weight is 301 g/mol. The van der Waals surface area contributed by atoms with E-state index in [1.54, 1.807) is 6.20 Å². The van der Waals surface area contributed by atoms with Crippen LogP contribution in [0.25, 0.3) is 0 Å². The second-order valence-corrected chi connectivity index (χ2v) is 5.32. The summed E-state index contributed by atoms with van der Waals surface area (Å²) in [5.41, 5.74) is 0.0214. The lowest BCUT2D eigenvalue weighted by molar-refractivity contribution is 0.0690. The van der Waals surface area contributed by atoms with E-state index >= 15 is 0 Å². The van der Waals surface area contributed by atoms with Crippen molar-refractivity contribution in [2.45, 2.75) is 38.8 Å². The summed E-state index contributed by atoms with van der Waals surface area (Å²) >= 11 is 0. The van der Waals surface area contributed by atoms with Crippen molar-refractivity contribution in [3.05, 3.63) is 36.2 Å². The van der Waals surface area contributed by atoms with Gasteiger partial charge in [-0.05, 0) is 32.3 Å². The van der Waals surface area contributed by atoms with Gasteiger partial charge in [0.25, 0.3) is 0 Å². The number of rotatable bonds is 4. The molecule has 0 aromatic carbocycles. The maximum absolute atomic E-state index is 11.1. The summed E-state index contributed by atoms with van der Waals surface area (Å²) in [4.78, 5) is 26.2. The molecule has 1 unspecified atom stereocenters. The van der Waals surface area contributed by atoms with Gasteiger partial charge in [-0.1, -0.05) is 0 Å². The maximum Gasteiger partial charge on any atom is 0.354 e. The van der Waals surface area contributed by atoms with Crippen LogP contribution in [-0.2, 0) is 6.54 Å². The van der Waals surface area contributed by atoms with Gasteiger partial charge in [-0.3, -0.25) is 0 Å². The van der Waals surface area contributed by atoms with Gasteiger partial charge in [0.2, 0.25) is 5.95 Å². The lowest BCUT2D eigenvalue weighted by Gasteiger charge is -2.35. The van der Waals surface area contributed by atoms with Gasteiger partial charge >= 0.3 is 5.97 Å². The molecule has 0 spiro atoms. The molecule has 1 saturated heterocycles. The van der Waals surface area contributed by atoms with Crippen molar-refractivity contribution >= 4 is 11.9 Å². The molecule has 1 N–H and O–H groups in total. The van der Waals surface area contributed by atoms with Gasteiger partial charge in [-0.2, -0.15) is 0 Å². The summed E-state index contributed by atoms with van der Waals surface area (Å²) in [5, 5.41) is 9.11. The molecule has 7 heteroatoms. The van der Waals surface area contributed by atoms with E-state index in [9.17, 15) is 4.79 Å². The van der Waals surface area contributed by atoms with Crippen LogP contribution >= 0.6 is 0 Å². The van der Waals surface area contributed by atoms with Crippen LogP contribution in [0.3, 0.4) is 0 Å². The van der Waals surface area contributed by atoms with E-state index in [2.05, 4.69) is 31.3 Å². The third-order valence-corrected chi connectivity index (χ3v) is 4.01. The third kappa shape index (κ3) is 2.66. The summed E-state index contributed by atoms with van der Waals surface area (Å²) in [6.45, 7) is 3.75. The first-order valence-electron chi connectivity index (χ1n) is 7.54. The number of carboxylic acids is 1. The highest BCUT2D eigenvalue weighted by Gasteiger charge is 2.29. The Hall–Kier alpha value is -2.44. The van der Waals surface area contributed by atoms with Crippen LogP contribution in [0.2, 0.25) is 0 Å². The number of carbonyl (C=O) groups is 1. The molecule has 1 aliphatic heterocycles. The molecule has 0 amide bonds. The van der Waals surface area contributed by atoms with E-state index in [4.69, 9.17) is 5.11 Å². The first-order valence-corrected chi connectivity index (χ1v) is 7.54. The number of aromatic carboxylic acids is 1. The predicted octanol–water partition coefficient (Wildman–Crippen LogP) is 2.12. The SMILES string of the molecule is CCn1ccnc1C1CCCCN1c1nccc(C(=O)O)n1. The topological polar surface area (TPSA) is 84.1 Å². The van der Waals surface area contributed by atoms with E-state index in [-0.39, 0.29) is 11.7 Å². The molecule has 3 rings (SSSR count). The van der Waals surface area contributed by atoms with E-state index in [0.717, 1.165) is 38.2 Å². The van der Waals surface area contributed by atoms with Crippen molar-refractivity contribution in [2.75, 3.05) is 11.4 Å². The number of anilines is 1. The first-order chi connectivity index (χ1) is 10.7. The largest absolute Gasteiger partial charge is 0.477 e. The van der Waals surface area contributed by atoms with Gasteiger partial charge < -0.3 is 14.6 Å². The number of aryl methyl sites for hydroxylation is 1. The number of aromatic nitrogens is 4. The molecule has 1 fully saturated rings. The van der Waals surface area contributed by atoms with Crippen LogP contribution in [0.15, 0.2) is 24.7 Å². The van der Waals surface area contributed by atoms with Crippen LogP contribution < -0.4 is 4.90 Å². The minimum absolute atomic E-state index is 0.0214. The van der Waals surface area contributed by atoms with Crippen LogP contribution in [0.1, 0.15) is 48.5 Å². The van der Waals surface area contributed by atoms with Crippen molar-refractivity contribution in [1.29, 1.82) is 0 Å². The van der Waals surface area contributed by atoms with E-state index in [1.807, 2.05) is 6.20 Å². The van der Waals surface area contributed by atoms with Gasteiger partial charge in [-0.25, -0.2) is 19.7 Å². The number of hydrogen-bond acceptors (Lipinski definition) is 5. The standard InChI is InChI=1S/C15H19N5O2/c1-2-19-10-8-16-13(19)12-5-3-4-9-20(12)15-17-7-6-11(18-15)14(21)22/h6-8,10,12H,2-5,9H2,1H3,(H,21,22). The van der Waals surface area contributed by atoms with Crippen molar-refractivity contribution < 1.29 is 9.90 Å². The Kier molecular flexibility index (Phi) is 4.04. The Morgan fingerprint density at radius 1 is 1.36 bits per heavy atom. The second-order valence-electron chi connectivity index (χ2n) is 5.32. The van der Waals surface area contributed by atoms with Crippen molar-refractivity contribution in [1.82, 2.24) is 19.5 Å². The summed E-state index contributed by atoms with van der Waals surface area (Å²) in [5.74, 6) is 0.425. The first kappa shape index (κ1) is 14.5. The number of carboxylic acid groups (broad SMARTS) is 1. The monoisotopic (exact) mass is 301 g/mol. The summed E-state index contributed by atoms with van der Waals surface area (Å²) in [7, 11) is 0. The Labute approximate surface area is 128 Å². The highest BCUT2D eigenvalue weighted by molar-refractivity contribution is 5.85. The number of imidazole rings is 1. The molecule has 0 saturated carbocycles. The van der Waals surface area contributed by atoms with Gasteiger partial charge in [-0.15, -0.1) is 0 Å². The number of nitrogens with zero attached hydrogens (tertiary/aromatic N) is 5. The molecule has 0 aliphatic carbocycles. The summed E-state index contributed by atoms with van der Waals surface area (Å²) in [6, 6.07) is 1.50. The third-order valence-electron chi connectivity index (χ3n) is 4.01. The molecule has 0 bridgehead atoms. The van der Waals surface area contributed by atoms with Gasteiger partial charge in [0.05, 0.1) is 6.04 Å². The lowest BCUT2D eigenvalue weighted by atomic mass is 10.0. The smallest absolute Gasteiger partial charge is 0.354 e. The highest BCUT2D eigenvalue weighted by Crippen LogP contribution is 2.32. The van der Waals surface area contributed by atoms with E-state index in [0.29, 0.717) is 5.95 Å². The molecule has 1 atom stereocenters. The minimum Gasteiger partial charge on any atom is -0.477 e. The molecule has 0 radical (unpaired) electrons. The quantitative estimate of drug-likeness (QED) is 0.931. The van der Waals surface area contributed by atoms with E-state index in [1.165, 1.54) is 12.3 Å². The molecule has 116 valence electrons. The molecule has 7 nitrogen and oxygen atoms in total. The molecule has 2 aromatic rings. The van der Waals surface area contributed by atoms with Crippen LogP contribution in [0.5, 0.6) is 0 Å². The van der Waals surface area contributed by atoms with E-state index < -0.39 is 5.97 Å². The Morgan fingerprint density at radius 2 is 2.23 bits per heavy atom. The molecule has 3 heterocycles. The fourth-order valence-corrected chi connectivity index (χ4v) is 2.93. The zero-order valence-electron chi connectivity index (χ0n) is 12.5. The minimum atomic E-state index is -1.03. The van der Waals surface area contributed by atoms with Crippen LogP contribution in [0, 0.1) is 0 Å².